The van der Waals surface area contributed by atoms with Crippen LogP contribution in [0, 0.1) is 0 Å². The van der Waals surface area contributed by atoms with Gasteiger partial charge in [0.2, 0.25) is 16.6 Å². The van der Waals surface area contributed by atoms with Gasteiger partial charge in [0, 0.05) is 0 Å². The molecule has 0 aliphatic rings. The van der Waals surface area contributed by atoms with E-state index in [-0.39, 0.29) is 12.8 Å². The molecule has 0 bridgehead atoms. The topological polar surface area (TPSA) is 72.8 Å². The number of rotatable bonds is 6. The van der Waals surface area contributed by atoms with E-state index in [0.29, 0.717) is 0 Å². The standard InChI is InChI=1S/C12H26O5Si2/c1-12(15,8-10(13)16-18(2,3)4)9-11(14)17-19(5,6)7/h15H,8-9H2,1-7H3. The van der Waals surface area contributed by atoms with Crippen LogP contribution in [0.3, 0.4) is 0 Å². The molecule has 0 spiro atoms. The predicted molar refractivity (Wildman–Crippen MR) is 78.7 cm³/mol. The van der Waals surface area contributed by atoms with Crippen LogP contribution in [0.2, 0.25) is 39.3 Å². The zero-order valence-corrected chi connectivity index (χ0v) is 15.0. The Bertz CT molecular complexity index is 307. The van der Waals surface area contributed by atoms with Crippen LogP contribution in [0.4, 0.5) is 0 Å². The van der Waals surface area contributed by atoms with Gasteiger partial charge < -0.3 is 14.0 Å². The third kappa shape index (κ3) is 10.9. The van der Waals surface area contributed by atoms with E-state index in [4.69, 9.17) is 8.85 Å². The highest BCUT2D eigenvalue weighted by Gasteiger charge is 2.32. The number of carbonyl (C=O) groups excluding carboxylic acids is 2. The average Bonchev–Trinajstić information content (AvgIpc) is 1.89. The Kier molecular flexibility index (Phi) is 5.97. The molecule has 19 heavy (non-hydrogen) atoms. The SMILES string of the molecule is CC(O)(CC(=O)O[Si](C)(C)C)CC(=O)O[Si](C)(C)C. The summed E-state index contributed by atoms with van der Waals surface area (Å²) >= 11 is 0. The molecule has 0 saturated heterocycles. The van der Waals surface area contributed by atoms with Gasteiger partial charge in [0.1, 0.15) is 0 Å². The largest absolute Gasteiger partial charge is 0.520 e. The molecule has 0 aliphatic carbocycles. The van der Waals surface area contributed by atoms with Crippen molar-refractivity contribution in [3.05, 3.63) is 0 Å². The molecular formula is C12H26O5Si2. The summed E-state index contributed by atoms with van der Waals surface area (Å²) in [5, 5.41) is 10.1. The first-order chi connectivity index (χ1) is 8.20. The Morgan fingerprint density at radius 3 is 1.37 bits per heavy atom. The molecule has 112 valence electrons. The minimum Gasteiger partial charge on any atom is -0.520 e. The van der Waals surface area contributed by atoms with E-state index in [2.05, 4.69) is 0 Å². The van der Waals surface area contributed by atoms with Crippen LogP contribution in [0.25, 0.3) is 0 Å². The molecule has 0 aromatic carbocycles. The minimum atomic E-state index is -1.97. The molecule has 0 unspecified atom stereocenters. The lowest BCUT2D eigenvalue weighted by Gasteiger charge is -2.26. The Morgan fingerprint density at radius 1 is 0.895 bits per heavy atom. The van der Waals surface area contributed by atoms with Crippen LogP contribution >= 0.6 is 0 Å². The summed E-state index contributed by atoms with van der Waals surface area (Å²) in [7, 11) is -3.94. The van der Waals surface area contributed by atoms with Crippen molar-refractivity contribution in [3.63, 3.8) is 0 Å². The maximum atomic E-state index is 11.7. The second-order valence-electron chi connectivity index (χ2n) is 7.02. The fraction of sp³-hybridized carbons (Fsp3) is 0.833. The van der Waals surface area contributed by atoms with Gasteiger partial charge in [-0.3, -0.25) is 9.59 Å². The second kappa shape index (κ2) is 6.19. The number of hydrogen-bond donors (Lipinski definition) is 1. The number of hydrogen-bond acceptors (Lipinski definition) is 5. The molecule has 0 atom stereocenters. The zero-order valence-electron chi connectivity index (χ0n) is 13.0. The molecule has 0 amide bonds. The summed E-state index contributed by atoms with van der Waals surface area (Å²) in [5.41, 5.74) is -1.42. The fourth-order valence-corrected chi connectivity index (χ4v) is 2.95. The Labute approximate surface area is 117 Å². The van der Waals surface area contributed by atoms with Crippen LogP contribution in [-0.4, -0.2) is 39.3 Å². The van der Waals surface area contributed by atoms with E-state index in [1.54, 1.807) is 0 Å². The van der Waals surface area contributed by atoms with Crippen molar-refractivity contribution in [3.8, 4) is 0 Å². The molecule has 0 heterocycles. The third-order valence-electron chi connectivity index (χ3n) is 1.89. The Morgan fingerprint density at radius 2 is 1.16 bits per heavy atom. The monoisotopic (exact) mass is 306 g/mol. The van der Waals surface area contributed by atoms with Crippen molar-refractivity contribution in [2.45, 2.75) is 64.6 Å². The first-order valence-electron chi connectivity index (χ1n) is 6.36. The van der Waals surface area contributed by atoms with Gasteiger partial charge in [0.05, 0.1) is 18.4 Å². The van der Waals surface area contributed by atoms with Crippen LogP contribution in [-0.2, 0) is 18.4 Å². The quantitative estimate of drug-likeness (QED) is 0.762. The van der Waals surface area contributed by atoms with Crippen molar-refractivity contribution < 1.29 is 23.5 Å². The second-order valence-corrected chi connectivity index (χ2v) is 15.9. The van der Waals surface area contributed by atoms with Gasteiger partial charge in [-0.1, -0.05) is 0 Å². The van der Waals surface area contributed by atoms with Crippen molar-refractivity contribution in [2.75, 3.05) is 0 Å². The van der Waals surface area contributed by atoms with Crippen molar-refractivity contribution in [2.24, 2.45) is 0 Å². The smallest absolute Gasteiger partial charge is 0.295 e. The van der Waals surface area contributed by atoms with E-state index in [9.17, 15) is 14.7 Å². The minimum absolute atomic E-state index is 0.196. The van der Waals surface area contributed by atoms with E-state index < -0.39 is 34.2 Å². The van der Waals surface area contributed by atoms with E-state index in [0.717, 1.165) is 0 Å². The van der Waals surface area contributed by atoms with E-state index >= 15 is 0 Å². The van der Waals surface area contributed by atoms with Gasteiger partial charge in [-0.25, -0.2) is 0 Å². The van der Waals surface area contributed by atoms with Gasteiger partial charge in [-0.2, -0.15) is 0 Å². The molecule has 0 aromatic rings. The molecule has 0 radical (unpaired) electrons. The van der Waals surface area contributed by atoms with Crippen LogP contribution in [0.15, 0.2) is 0 Å². The van der Waals surface area contributed by atoms with Crippen molar-refractivity contribution in [1.29, 1.82) is 0 Å². The van der Waals surface area contributed by atoms with Gasteiger partial charge in [-0.15, -0.1) is 0 Å². The highest BCUT2D eigenvalue weighted by molar-refractivity contribution is 6.71. The highest BCUT2D eigenvalue weighted by Crippen LogP contribution is 2.19. The summed E-state index contributed by atoms with van der Waals surface area (Å²) in [4.78, 5) is 23.3. The van der Waals surface area contributed by atoms with E-state index in [1.807, 2.05) is 39.3 Å². The molecule has 7 heteroatoms. The lowest BCUT2D eigenvalue weighted by Crippen LogP contribution is -2.38. The zero-order chi connectivity index (χ0) is 15.5. The van der Waals surface area contributed by atoms with Gasteiger partial charge >= 0.3 is 0 Å². The molecule has 0 aromatic heterocycles. The third-order valence-corrected chi connectivity index (χ3v) is 3.57. The maximum absolute atomic E-state index is 11.7. The van der Waals surface area contributed by atoms with Crippen LogP contribution in [0.5, 0.6) is 0 Å². The van der Waals surface area contributed by atoms with Crippen LogP contribution < -0.4 is 0 Å². The fourth-order valence-electron chi connectivity index (χ4n) is 1.44. The molecule has 0 fully saturated rings. The summed E-state index contributed by atoms with van der Waals surface area (Å²) in [6.45, 7) is 12.8. The highest BCUT2D eigenvalue weighted by atomic mass is 28.4. The van der Waals surface area contributed by atoms with Gasteiger partial charge in [0.15, 0.2) is 0 Å². The summed E-state index contributed by atoms with van der Waals surface area (Å²) in [5.74, 6) is -0.935. The Hall–Kier alpha value is -0.666. The number of aliphatic hydroxyl groups is 1. The predicted octanol–water partition coefficient (Wildman–Crippen LogP) is 2.27. The maximum Gasteiger partial charge on any atom is 0.295 e. The summed E-state index contributed by atoms with van der Waals surface area (Å²) < 4.78 is 10.5. The molecule has 0 saturated carbocycles. The normalized spacial score (nSPS) is 13.1. The molecule has 0 aliphatic heterocycles. The average molecular weight is 307 g/mol. The summed E-state index contributed by atoms with van der Waals surface area (Å²) in [6, 6.07) is 0. The molecule has 5 nitrogen and oxygen atoms in total. The van der Waals surface area contributed by atoms with Gasteiger partial charge in [-0.05, 0) is 46.2 Å². The van der Waals surface area contributed by atoms with Crippen molar-refractivity contribution >= 4 is 28.6 Å². The lowest BCUT2D eigenvalue weighted by molar-refractivity contribution is -0.145. The molecular weight excluding hydrogens is 280 g/mol. The first-order valence-corrected chi connectivity index (χ1v) is 13.2. The molecule has 1 N–H and O–H groups in total. The Balaban J connectivity index is 4.40. The first kappa shape index (κ1) is 18.3. The lowest BCUT2D eigenvalue weighted by atomic mass is 9.99. The van der Waals surface area contributed by atoms with Crippen molar-refractivity contribution in [1.82, 2.24) is 0 Å². The number of carbonyl (C=O) groups is 2. The molecule has 0 rings (SSSR count). The van der Waals surface area contributed by atoms with E-state index in [1.165, 1.54) is 6.92 Å². The van der Waals surface area contributed by atoms with Gasteiger partial charge in [0.25, 0.3) is 11.9 Å². The van der Waals surface area contributed by atoms with Crippen LogP contribution in [0.1, 0.15) is 19.8 Å². The summed E-state index contributed by atoms with van der Waals surface area (Å²) in [6.07, 6.45) is -0.393.